The van der Waals surface area contributed by atoms with Crippen molar-refractivity contribution in [3.8, 4) is 5.75 Å². The third-order valence-electron chi connectivity index (χ3n) is 7.25. The predicted molar refractivity (Wildman–Crippen MR) is 148 cm³/mol. The van der Waals surface area contributed by atoms with Crippen LogP contribution in [0, 0.1) is 19.8 Å². The summed E-state index contributed by atoms with van der Waals surface area (Å²) in [5, 5.41) is 8.84. The van der Waals surface area contributed by atoms with Crippen LogP contribution in [-0.2, 0) is 16.1 Å². The molecule has 4 rings (SSSR count). The molecular formula is C29H38N4O5. The minimum absolute atomic E-state index is 0.00324. The van der Waals surface area contributed by atoms with Crippen molar-refractivity contribution in [2.45, 2.75) is 78.5 Å². The van der Waals surface area contributed by atoms with E-state index < -0.39 is 11.7 Å². The van der Waals surface area contributed by atoms with Crippen LogP contribution in [0.5, 0.6) is 5.75 Å². The maximum atomic E-state index is 13.0. The molecule has 1 fully saturated rings. The molecule has 38 heavy (non-hydrogen) atoms. The number of ether oxygens (including phenoxy) is 2. The summed E-state index contributed by atoms with van der Waals surface area (Å²) in [5.74, 6) is 0.629. The van der Waals surface area contributed by atoms with Crippen molar-refractivity contribution in [3.63, 3.8) is 0 Å². The van der Waals surface area contributed by atoms with Gasteiger partial charge in [0.25, 0.3) is 0 Å². The largest absolute Gasteiger partial charge is 0.496 e. The van der Waals surface area contributed by atoms with Crippen LogP contribution < -0.4 is 20.7 Å². The van der Waals surface area contributed by atoms with Crippen molar-refractivity contribution in [2.75, 3.05) is 23.1 Å². The van der Waals surface area contributed by atoms with E-state index in [1.807, 2.05) is 63.8 Å². The van der Waals surface area contributed by atoms with Crippen LogP contribution in [-0.4, -0.2) is 41.7 Å². The van der Waals surface area contributed by atoms with E-state index in [1.165, 1.54) is 0 Å². The lowest BCUT2D eigenvalue weighted by molar-refractivity contribution is -0.121. The second-order valence-corrected chi connectivity index (χ2v) is 11.1. The normalized spacial score (nSPS) is 19.2. The van der Waals surface area contributed by atoms with Crippen molar-refractivity contribution in [3.05, 3.63) is 47.0 Å². The molecule has 0 radical (unpaired) electrons. The van der Waals surface area contributed by atoms with Gasteiger partial charge in [0.2, 0.25) is 5.91 Å². The van der Waals surface area contributed by atoms with Gasteiger partial charge in [-0.2, -0.15) is 0 Å². The fourth-order valence-corrected chi connectivity index (χ4v) is 5.14. The van der Waals surface area contributed by atoms with E-state index in [1.54, 1.807) is 13.2 Å². The standard InChI is InChI=1S/C29H38N4O5/c1-17-7-10-20(15-25(17)37-6)30-26(34)19-8-11-21(12-9-19)33-16-22-18(2)23(13-14-24(22)31-27(33)35)32-28(36)38-29(3,4)5/h7,10,13-15,19,21H,8-9,11-12,16H2,1-6H3,(H,30,34)(H,31,35)(H,32,36). The Balaban J connectivity index is 1.38. The van der Waals surface area contributed by atoms with E-state index in [2.05, 4.69) is 16.0 Å². The molecule has 0 atom stereocenters. The van der Waals surface area contributed by atoms with E-state index in [-0.39, 0.29) is 23.9 Å². The molecule has 2 aromatic rings. The average molecular weight is 523 g/mol. The molecule has 204 valence electrons. The number of nitrogens with one attached hydrogen (secondary N) is 3. The average Bonchev–Trinajstić information content (AvgIpc) is 2.85. The monoisotopic (exact) mass is 522 g/mol. The Morgan fingerprint density at radius 3 is 2.39 bits per heavy atom. The van der Waals surface area contributed by atoms with Crippen LogP contribution in [0.25, 0.3) is 0 Å². The van der Waals surface area contributed by atoms with E-state index in [0.717, 1.165) is 46.7 Å². The van der Waals surface area contributed by atoms with Crippen molar-refractivity contribution in [1.82, 2.24) is 4.90 Å². The Labute approximate surface area is 224 Å². The SMILES string of the molecule is COc1cc(NC(=O)C2CCC(N3Cc4c(ccc(NC(=O)OC(C)(C)C)c4C)NC3=O)CC2)ccc1C. The number of rotatable bonds is 5. The number of hydrogen-bond acceptors (Lipinski definition) is 5. The van der Waals surface area contributed by atoms with Crippen LogP contribution in [0.15, 0.2) is 30.3 Å². The first-order valence-electron chi connectivity index (χ1n) is 13.1. The fraction of sp³-hybridized carbons (Fsp3) is 0.483. The molecule has 9 heteroatoms. The molecule has 1 saturated carbocycles. The summed E-state index contributed by atoms with van der Waals surface area (Å²) in [5.41, 5.74) is 4.39. The molecule has 1 heterocycles. The Bertz CT molecular complexity index is 1230. The number of nitrogens with zero attached hydrogens (tertiary/aromatic N) is 1. The van der Waals surface area contributed by atoms with Gasteiger partial charge in [0.15, 0.2) is 0 Å². The van der Waals surface area contributed by atoms with Crippen LogP contribution in [0.3, 0.4) is 0 Å². The van der Waals surface area contributed by atoms with E-state index in [0.29, 0.717) is 25.1 Å². The lowest BCUT2D eigenvalue weighted by Gasteiger charge is -2.39. The van der Waals surface area contributed by atoms with Gasteiger partial charge in [0.1, 0.15) is 11.4 Å². The summed E-state index contributed by atoms with van der Waals surface area (Å²) in [6, 6.07) is 9.13. The number of anilines is 3. The zero-order chi connectivity index (χ0) is 27.6. The number of aryl methyl sites for hydroxylation is 1. The highest BCUT2D eigenvalue weighted by atomic mass is 16.6. The van der Waals surface area contributed by atoms with Gasteiger partial charge >= 0.3 is 12.1 Å². The number of fused-ring (bicyclic) bond motifs is 1. The lowest BCUT2D eigenvalue weighted by atomic mass is 9.84. The highest BCUT2D eigenvalue weighted by Gasteiger charge is 2.35. The summed E-state index contributed by atoms with van der Waals surface area (Å²) in [4.78, 5) is 40.1. The first-order chi connectivity index (χ1) is 17.9. The van der Waals surface area contributed by atoms with Crippen LogP contribution in [0.1, 0.15) is 63.1 Å². The number of carbonyl (C=O) groups excluding carboxylic acids is 3. The van der Waals surface area contributed by atoms with Crippen molar-refractivity contribution >= 4 is 35.1 Å². The van der Waals surface area contributed by atoms with E-state index in [9.17, 15) is 14.4 Å². The molecule has 2 aromatic carbocycles. The minimum atomic E-state index is -0.598. The molecule has 1 aliphatic carbocycles. The number of benzene rings is 2. The van der Waals surface area contributed by atoms with Crippen LogP contribution >= 0.6 is 0 Å². The Morgan fingerprint density at radius 2 is 1.74 bits per heavy atom. The number of urea groups is 1. The number of methoxy groups -OCH3 is 1. The molecule has 1 aliphatic heterocycles. The van der Waals surface area contributed by atoms with Gasteiger partial charge in [-0.15, -0.1) is 0 Å². The Kier molecular flexibility index (Phi) is 7.85. The predicted octanol–water partition coefficient (Wildman–Crippen LogP) is 6.20. The van der Waals surface area contributed by atoms with Gasteiger partial charge in [0.05, 0.1) is 13.7 Å². The summed E-state index contributed by atoms with van der Waals surface area (Å²) in [6.45, 7) is 9.79. The summed E-state index contributed by atoms with van der Waals surface area (Å²) in [7, 11) is 1.62. The van der Waals surface area contributed by atoms with Crippen molar-refractivity contribution < 1.29 is 23.9 Å². The zero-order valence-electron chi connectivity index (χ0n) is 23.1. The topological polar surface area (TPSA) is 109 Å². The molecule has 0 spiro atoms. The Hall–Kier alpha value is -3.75. The molecule has 9 nitrogen and oxygen atoms in total. The fourth-order valence-electron chi connectivity index (χ4n) is 5.14. The number of amides is 4. The molecule has 0 bridgehead atoms. The zero-order valence-corrected chi connectivity index (χ0v) is 23.1. The first kappa shape index (κ1) is 27.3. The van der Waals surface area contributed by atoms with Gasteiger partial charge in [-0.1, -0.05) is 6.07 Å². The molecule has 3 N–H and O–H groups in total. The smallest absolute Gasteiger partial charge is 0.412 e. The van der Waals surface area contributed by atoms with Crippen molar-refractivity contribution in [1.29, 1.82) is 0 Å². The van der Waals surface area contributed by atoms with E-state index >= 15 is 0 Å². The molecule has 4 amide bonds. The Morgan fingerprint density at radius 1 is 1.03 bits per heavy atom. The molecule has 0 saturated heterocycles. The number of hydrogen-bond donors (Lipinski definition) is 3. The number of carbonyl (C=O) groups is 3. The van der Waals surface area contributed by atoms with Gasteiger partial charge in [0, 0.05) is 40.7 Å². The van der Waals surface area contributed by atoms with Gasteiger partial charge in [-0.05, 0) is 89.6 Å². The molecular weight excluding hydrogens is 484 g/mol. The minimum Gasteiger partial charge on any atom is -0.496 e. The van der Waals surface area contributed by atoms with Crippen molar-refractivity contribution in [2.24, 2.45) is 5.92 Å². The maximum absolute atomic E-state index is 13.0. The first-order valence-corrected chi connectivity index (χ1v) is 13.1. The third-order valence-corrected chi connectivity index (χ3v) is 7.25. The summed E-state index contributed by atoms with van der Waals surface area (Å²) in [6.07, 6.45) is 2.38. The second kappa shape index (κ2) is 10.9. The van der Waals surface area contributed by atoms with Crippen LogP contribution in [0.4, 0.5) is 26.7 Å². The maximum Gasteiger partial charge on any atom is 0.412 e. The van der Waals surface area contributed by atoms with E-state index in [4.69, 9.17) is 9.47 Å². The quantitative estimate of drug-likeness (QED) is 0.433. The third kappa shape index (κ3) is 6.20. The molecule has 0 unspecified atom stereocenters. The van der Waals surface area contributed by atoms with Gasteiger partial charge in [-0.3, -0.25) is 10.1 Å². The summed E-state index contributed by atoms with van der Waals surface area (Å²) >= 11 is 0. The molecule has 0 aromatic heterocycles. The molecule has 2 aliphatic rings. The van der Waals surface area contributed by atoms with Crippen LogP contribution in [0.2, 0.25) is 0 Å². The highest BCUT2D eigenvalue weighted by Crippen LogP contribution is 2.36. The highest BCUT2D eigenvalue weighted by molar-refractivity contribution is 5.95. The summed E-state index contributed by atoms with van der Waals surface area (Å²) < 4.78 is 10.7. The lowest BCUT2D eigenvalue weighted by Crippen LogP contribution is -2.47. The van der Waals surface area contributed by atoms with Gasteiger partial charge < -0.3 is 25.0 Å². The van der Waals surface area contributed by atoms with Gasteiger partial charge in [-0.25, -0.2) is 9.59 Å². The second-order valence-electron chi connectivity index (χ2n) is 11.1.